The maximum atomic E-state index is 5.81. The molecular weight excluding hydrogens is 348 g/mol. The Labute approximate surface area is 119 Å². The molecule has 1 saturated heterocycles. The number of methoxy groups -OCH3 is 1. The van der Waals surface area contributed by atoms with E-state index in [1.807, 2.05) is 12.1 Å². The Morgan fingerprint density at radius 2 is 2.24 bits per heavy atom. The van der Waals surface area contributed by atoms with E-state index in [0.717, 1.165) is 23.2 Å². The molecule has 0 radical (unpaired) electrons. The molecule has 1 aliphatic rings. The first-order chi connectivity index (χ1) is 8.22. The fourth-order valence-corrected chi connectivity index (χ4v) is 3.78. The fraction of sp³-hybridized carbons (Fsp3) is 0.538. The second kappa shape index (κ2) is 6.21. The highest BCUT2D eigenvalue weighted by Crippen LogP contribution is 2.38. The third-order valence-corrected chi connectivity index (χ3v) is 4.82. The van der Waals surface area contributed by atoms with E-state index in [0.29, 0.717) is 0 Å². The summed E-state index contributed by atoms with van der Waals surface area (Å²) < 4.78 is 12.1. The summed E-state index contributed by atoms with van der Waals surface area (Å²) in [6.45, 7) is 0.876. The minimum atomic E-state index is 0.239. The van der Waals surface area contributed by atoms with Gasteiger partial charge in [-0.25, -0.2) is 0 Å². The van der Waals surface area contributed by atoms with Crippen LogP contribution in [0.15, 0.2) is 22.7 Å². The van der Waals surface area contributed by atoms with Gasteiger partial charge in [0.2, 0.25) is 0 Å². The summed E-state index contributed by atoms with van der Waals surface area (Å²) in [6, 6.07) is 6.06. The Bertz CT molecular complexity index is 376. The molecule has 0 bridgehead atoms. The molecule has 1 heterocycles. The van der Waals surface area contributed by atoms with Crippen LogP contribution in [-0.2, 0) is 4.74 Å². The van der Waals surface area contributed by atoms with Crippen molar-refractivity contribution in [2.45, 2.75) is 30.2 Å². The van der Waals surface area contributed by atoms with Crippen LogP contribution in [0, 0.1) is 0 Å². The van der Waals surface area contributed by atoms with Crippen molar-refractivity contribution >= 4 is 31.9 Å². The predicted octanol–water partition coefficient (Wildman–Crippen LogP) is 4.46. The zero-order valence-electron chi connectivity index (χ0n) is 9.79. The number of hydrogen-bond donors (Lipinski definition) is 0. The molecule has 2 atom stereocenters. The van der Waals surface area contributed by atoms with Crippen LogP contribution in [0.4, 0.5) is 0 Å². The number of ether oxygens (including phenoxy) is 2. The van der Waals surface area contributed by atoms with E-state index < -0.39 is 0 Å². The molecule has 1 aliphatic heterocycles. The molecule has 17 heavy (non-hydrogen) atoms. The van der Waals surface area contributed by atoms with Crippen molar-refractivity contribution < 1.29 is 9.47 Å². The van der Waals surface area contributed by atoms with Crippen molar-refractivity contribution in [1.29, 1.82) is 0 Å². The molecule has 1 aromatic rings. The van der Waals surface area contributed by atoms with Crippen molar-refractivity contribution in [3.8, 4) is 5.75 Å². The summed E-state index contributed by atoms with van der Waals surface area (Å²) in [6.07, 6.45) is 3.82. The van der Waals surface area contributed by atoms with E-state index >= 15 is 0 Å². The van der Waals surface area contributed by atoms with Gasteiger partial charge in [0.05, 0.1) is 18.0 Å². The summed E-state index contributed by atoms with van der Waals surface area (Å²) in [7, 11) is 1.68. The Morgan fingerprint density at radius 3 is 2.82 bits per heavy atom. The van der Waals surface area contributed by atoms with Gasteiger partial charge in [-0.1, -0.05) is 37.9 Å². The highest BCUT2D eigenvalue weighted by Gasteiger charge is 2.25. The zero-order valence-corrected chi connectivity index (χ0v) is 13.0. The molecule has 2 rings (SSSR count). The predicted molar refractivity (Wildman–Crippen MR) is 76.0 cm³/mol. The molecule has 0 aromatic heterocycles. The van der Waals surface area contributed by atoms with E-state index in [2.05, 4.69) is 37.9 Å². The first-order valence-corrected chi connectivity index (χ1v) is 7.52. The van der Waals surface area contributed by atoms with Gasteiger partial charge in [-0.3, -0.25) is 0 Å². The average molecular weight is 364 g/mol. The fourth-order valence-electron chi connectivity index (χ4n) is 2.06. The molecule has 1 aromatic carbocycles. The third kappa shape index (κ3) is 3.24. The minimum absolute atomic E-state index is 0.239. The summed E-state index contributed by atoms with van der Waals surface area (Å²) in [5.41, 5.74) is 1.22. The van der Waals surface area contributed by atoms with Gasteiger partial charge in [0.15, 0.2) is 0 Å². The highest BCUT2D eigenvalue weighted by atomic mass is 79.9. The van der Waals surface area contributed by atoms with E-state index in [-0.39, 0.29) is 10.9 Å². The molecule has 0 aliphatic carbocycles. The first kappa shape index (κ1) is 13.4. The Balaban J connectivity index is 2.15. The molecule has 94 valence electrons. The van der Waals surface area contributed by atoms with E-state index in [1.54, 1.807) is 7.11 Å². The lowest BCUT2D eigenvalue weighted by atomic mass is 10.0. The molecule has 0 amide bonds. The van der Waals surface area contributed by atoms with Crippen LogP contribution in [0.1, 0.15) is 29.7 Å². The maximum absolute atomic E-state index is 5.81. The van der Waals surface area contributed by atoms with Crippen LogP contribution in [0.25, 0.3) is 0 Å². The number of halogens is 2. The molecular formula is C13H16Br2O2. The van der Waals surface area contributed by atoms with Gasteiger partial charge in [0.1, 0.15) is 5.75 Å². The molecule has 0 saturated carbocycles. The topological polar surface area (TPSA) is 18.5 Å². The highest BCUT2D eigenvalue weighted by molar-refractivity contribution is 9.11. The summed E-state index contributed by atoms with van der Waals surface area (Å²) >= 11 is 7.34. The van der Waals surface area contributed by atoms with Gasteiger partial charge in [-0.05, 0) is 37.0 Å². The lowest BCUT2D eigenvalue weighted by molar-refractivity contribution is 0.0159. The van der Waals surface area contributed by atoms with Crippen molar-refractivity contribution in [2.24, 2.45) is 0 Å². The number of alkyl halides is 1. The molecule has 1 fully saturated rings. The minimum Gasteiger partial charge on any atom is -0.497 e. The largest absolute Gasteiger partial charge is 0.497 e. The van der Waals surface area contributed by atoms with Crippen LogP contribution in [0.5, 0.6) is 5.75 Å². The van der Waals surface area contributed by atoms with Gasteiger partial charge in [0.25, 0.3) is 0 Å². The van der Waals surface area contributed by atoms with E-state index in [9.17, 15) is 0 Å². The van der Waals surface area contributed by atoms with E-state index in [4.69, 9.17) is 9.47 Å². The first-order valence-electron chi connectivity index (χ1n) is 5.81. The lowest BCUT2D eigenvalue weighted by Crippen LogP contribution is -2.23. The SMILES string of the molecule is COc1ccc(C(Br)C2CCCCO2)c(Br)c1. The van der Waals surface area contributed by atoms with Crippen molar-refractivity contribution in [1.82, 2.24) is 0 Å². The van der Waals surface area contributed by atoms with Gasteiger partial charge in [0, 0.05) is 11.1 Å². The molecule has 0 spiro atoms. The van der Waals surface area contributed by atoms with Gasteiger partial charge in [-0.15, -0.1) is 0 Å². The standard InChI is InChI=1S/C13H16Br2O2/c1-16-9-5-6-10(11(14)8-9)13(15)12-4-2-3-7-17-12/h5-6,8,12-13H,2-4,7H2,1H3. The number of benzene rings is 1. The summed E-state index contributed by atoms with van der Waals surface area (Å²) in [4.78, 5) is 0.239. The Hall–Kier alpha value is -0.0600. The van der Waals surface area contributed by atoms with Crippen LogP contribution in [0.2, 0.25) is 0 Å². The zero-order chi connectivity index (χ0) is 12.3. The second-order valence-corrected chi connectivity index (χ2v) is 6.04. The van der Waals surface area contributed by atoms with Crippen LogP contribution in [0.3, 0.4) is 0 Å². The average Bonchev–Trinajstić information content (AvgIpc) is 2.39. The van der Waals surface area contributed by atoms with Crippen LogP contribution < -0.4 is 4.74 Å². The number of rotatable bonds is 3. The molecule has 2 unspecified atom stereocenters. The summed E-state index contributed by atoms with van der Waals surface area (Å²) in [5, 5.41) is 0. The normalized spacial score (nSPS) is 22.2. The smallest absolute Gasteiger partial charge is 0.120 e. The maximum Gasteiger partial charge on any atom is 0.120 e. The molecule has 0 N–H and O–H groups in total. The van der Waals surface area contributed by atoms with Gasteiger partial charge in [-0.2, -0.15) is 0 Å². The monoisotopic (exact) mass is 362 g/mol. The van der Waals surface area contributed by atoms with Gasteiger partial charge >= 0.3 is 0 Å². The molecule has 2 nitrogen and oxygen atoms in total. The van der Waals surface area contributed by atoms with E-state index in [1.165, 1.54) is 18.4 Å². The van der Waals surface area contributed by atoms with Crippen molar-refractivity contribution in [3.05, 3.63) is 28.2 Å². The lowest BCUT2D eigenvalue weighted by Gasteiger charge is -2.27. The number of hydrogen-bond acceptors (Lipinski definition) is 2. The van der Waals surface area contributed by atoms with Crippen LogP contribution >= 0.6 is 31.9 Å². The Kier molecular flexibility index (Phi) is 4.88. The van der Waals surface area contributed by atoms with Crippen LogP contribution in [-0.4, -0.2) is 19.8 Å². The van der Waals surface area contributed by atoms with Crippen molar-refractivity contribution in [3.63, 3.8) is 0 Å². The van der Waals surface area contributed by atoms with Gasteiger partial charge < -0.3 is 9.47 Å². The van der Waals surface area contributed by atoms with Crippen molar-refractivity contribution in [2.75, 3.05) is 13.7 Å². The Morgan fingerprint density at radius 1 is 1.41 bits per heavy atom. The third-order valence-electron chi connectivity index (χ3n) is 3.05. The summed E-state index contributed by atoms with van der Waals surface area (Å²) in [5.74, 6) is 0.866. The quantitative estimate of drug-likeness (QED) is 0.738. The second-order valence-electron chi connectivity index (χ2n) is 4.19. The molecule has 4 heteroatoms.